The van der Waals surface area contributed by atoms with Gasteiger partial charge in [-0.05, 0) is 12.8 Å². The number of rotatable bonds is 2. The molecule has 14 heavy (non-hydrogen) atoms. The van der Waals surface area contributed by atoms with Gasteiger partial charge in [0.1, 0.15) is 6.61 Å². The predicted molar refractivity (Wildman–Crippen MR) is 50.0 cm³/mol. The Morgan fingerprint density at radius 1 is 1.43 bits per heavy atom. The lowest BCUT2D eigenvalue weighted by Crippen LogP contribution is -2.54. The number of hydrogen-bond donors (Lipinski definition) is 2. The van der Waals surface area contributed by atoms with Crippen molar-refractivity contribution >= 4 is 6.09 Å². The van der Waals surface area contributed by atoms with Crippen molar-refractivity contribution in [3.63, 3.8) is 0 Å². The third-order valence-electron chi connectivity index (χ3n) is 2.91. The summed E-state index contributed by atoms with van der Waals surface area (Å²) in [5, 5.41) is 11.8. The highest BCUT2D eigenvalue weighted by molar-refractivity contribution is 5.69. The molecule has 2 unspecified atom stereocenters. The number of nitrogens with zero attached hydrogens (tertiary/aromatic N) is 1. The van der Waals surface area contributed by atoms with E-state index < -0.39 is 0 Å². The van der Waals surface area contributed by atoms with Crippen molar-refractivity contribution in [1.82, 2.24) is 10.2 Å². The molecule has 2 saturated heterocycles. The number of piperazine rings is 1. The van der Waals surface area contributed by atoms with Gasteiger partial charge in [0, 0.05) is 25.2 Å². The maximum absolute atomic E-state index is 11.6. The molecule has 0 aromatic carbocycles. The maximum Gasteiger partial charge on any atom is 0.410 e. The topological polar surface area (TPSA) is 61.8 Å². The summed E-state index contributed by atoms with van der Waals surface area (Å²) < 4.78 is 4.92. The van der Waals surface area contributed by atoms with Crippen LogP contribution in [0.25, 0.3) is 0 Å². The van der Waals surface area contributed by atoms with Gasteiger partial charge in [-0.3, -0.25) is 4.90 Å². The molecule has 2 atom stereocenters. The number of aliphatic hydroxyl groups is 1. The number of carbonyl (C=O) groups excluding carboxylic acids is 1. The molecular weight excluding hydrogens is 184 g/mol. The van der Waals surface area contributed by atoms with E-state index in [1.54, 1.807) is 0 Å². The lowest BCUT2D eigenvalue weighted by molar-refractivity contribution is 0.0616. The zero-order valence-electron chi connectivity index (χ0n) is 8.11. The van der Waals surface area contributed by atoms with Gasteiger partial charge in [0.2, 0.25) is 0 Å². The van der Waals surface area contributed by atoms with Crippen molar-refractivity contribution in [3.8, 4) is 0 Å². The molecule has 2 N–H and O–H groups in total. The Morgan fingerprint density at radius 3 is 2.64 bits per heavy atom. The molecule has 2 heterocycles. The summed E-state index contributed by atoms with van der Waals surface area (Å²) in [5.41, 5.74) is 0. The van der Waals surface area contributed by atoms with E-state index in [9.17, 15) is 4.79 Å². The number of nitrogens with one attached hydrogen (secondary N) is 1. The van der Waals surface area contributed by atoms with Gasteiger partial charge in [-0.25, -0.2) is 4.79 Å². The van der Waals surface area contributed by atoms with E-state index >= 15 is 0 Å². The van der Waals surface area contributed by atoms with E-state index in [0.717, 1.165) is 25.9 Å². The Bertz CT molecular complexity index is 206. The van der Waals surface area contributed by atoms with Crippen LogP contribution in [0.15, 0.2) is 0 Å². The quantitative estimate of drug-likeness (QED) is 0.634. The Hall–Kier alpha value is -0.810. The summed E-state index contributed by atoms with van der Waals surface area (Å²) >= 11 is 0. The summed E-state index contributed by atoms with van der Waals surface area (Å²) in [6, 6.07) is 0.583. The molecule has 0 aromatic heterocycles. The first-order valence-electron chi connectivity index (χ1n) is 5.09. The fraction of sp³-hybridized carbons (Fsp3) is 0.889. The average molecular weight is 200 g/mol. The number of fused-ring (bicyclic) bond motifs is 2. The van der Waals surface area contributed by atoms with E-state index in [1.165, 1.54) is 0 Å². The lowest BCUT2D eigenvalue weighted by atomic mass is 10.2. The zero-order chi connectivity index (χ0) is 9.97. The van der Waals surface area contributed by atoms with E-state index in [4.69, 9.17) is 9.84 Å². The number of aliphatic hydroxyl groups excluding tert-OH is 1. The van der Waals surface area contributed by atoms with Gasteiger partial charge in [-0.2, -0.15) is 0 Å². The Balaban J connectivity index is 1.93. The Kier molecular flexibility index (Phi) is 2.88. The monoisotopic (exact) mass is 200 g/mol. The predicted octanol–water partition coefficient (Wildman–Crippen LogP) is -0.449. The lowest BCUT2D eigenvalue weighted by Gasteiger charge is -2.34. The molecule has 0 saturated carbocycles. The molecule has 80 valence electrons. The second-order valence-corrected chi connectivity index (χ2v) is 3.79. The van der Waals surface area contributed by atoms with Crippen LogP contribution in [0.4, 0.5) is 4.79 Å². The first kappa shape index (κ1) is 9.73. The molecule has 5 heteroatoms. The van der Waals surface area contributed by atoms with Gasteiger partial charge in [-0.1, -0.05) is 0 Å². The number of amides is 1. The maximum atomic E-state index is 11.6. The minimum absolute atomic E-state index is 0.0994. The number of hydrogen-bond acceptors (Lipinski definition) is 4. The second kappa shape index (κ2) is 4.14. The highest BCUT2D eigenvalue weighted by Crippen LogP contribution is 2.26. The molecule has 1 amide bonds. The van der Waals surface area contributed by atoms with E-state index in [-0.39, 0.29) is 19.3 Å². The largest absolute Gasteiger partial charge is 0.447 e. The van der Waals surface area contributed by atoms with Crippen molar-refractivity contribution < 1.29 is 14.6 Å². The highest BCUT2D eigenvalue weighted by atomic mass is 16.6. The number of carbonyl (C=O) groups is 1. The van der Waals surface area contributed by atoms with Crippen LogP contribution < -0.4 is 5.32 Å². The van der Waals surface area contributed by atoms with Gasteiger partial charge < -0.3 is 15.2 Å². The SMILES string of the molecule is O=C(OCCO)N1C2CCC1CNC2. The van der Waals surface area contributed by atoms with Crippen molar-refractivity contribution in [2.24, 2.45) is 0 Å². The number of ether oxygens (including phenoxy) is 1. The molecular formula is C9H16N2O3. The summed E-state index contributed by atoms with van der Waals surface area (Å²) in [7, 11) is 0. The molecule has 0 aromatic rings. The molecule has 2 fully saturated rings. The normalized spacial score (nSPS) is 30.5. The fourth-order valence-corrected chi connectivity index (χ4v) is 2.28. The van der Waals surface area contributed by atoms with Crippen LogP contribution in [0.3, 0.4) is 0 Å². The van der Waals surface area contributed by atoms with Crippen LogP contribution in [0.1, 0.15) is 12.8 Å². The van der Waals surface area contributed by atoms with Gasteiger partial charge in [0.05, 0.1) is 6.61 Å². The smallest absolute Gasteiger partial charge is 0.410 e. The molecule has 2 rings (SSSR count). The summed E-state index contributed by atoms with van der Waals surface area (Å²) in [5.74, 6) is 0. The van der Waals surface area contributed by atoms with E-state index in [0.29, 0.717) is 12.1 Å². The second-order valence-electron chi connectivity index (χ2n) is 3.79. The third kappa shape index (κ3) is 1.69. The molecule has 5 nitrogen and oxygen atoms in total. The summed E-state index contributed by atoms with van der Waals surface area (Å²) in [6.45, 7) is 1.73. The zero-order valence-corrected chi connectivity index (χ0v) is 8.11. The van der Waals surface area contributed by atoms with Gasteiger partial charge >= 0.3 is 6.09 Å². The first-order chi connectivity index (χ1) is 6.83. The van der Waals surface area contributed by atoms with Gasteiger partial charge in [0.15, 0.2) is 0 Å². The van der Waals surface area contributed by atoms with Crippen molar-refractivity contribution in [2.75, 3.05) is 26.3 Å². The van der Waals surface area contributed by atoms with Crippen molar-refractivity contribution in [3.05, 3.63) is 0 Å². The summed E-state index contributed by atoms with van der Waals surface area (Å²) in [6.07, 6.45) is 1.85. The molecule has 0 spiro atoms. The minimum Gasteiger partial charge on any atom is -0.447 e. The van der Waals surface area contributed by atoms with Crippen molar-refractivity contribution in [2.45, 2.75) is 24.9 Å². The molecule has 2 aliphatic heterocycles. The van der Waals surface area contributed by atoms with Crippen LogP contribution in [-0.4, -0.2) is 54.5 Å². The Labute approximate surface area is 83.0 Å². The van der Waals surface area contributed by atoms with Crippen LogP contribution in [0.2, 0.25) is 0 Å². The van der Waals surface area contributed by atoms with Gasteiger partial charge in [0.25, 0.3) is 0 Å². The van der Waals surface area contributed by atoms with E-state index in [1.807, 2.05) is 4.90 Å². The molecule has 2 bridgehead atoms. The summed E-state index contributed by atoms with van der Waals surface area (Å²) in [4.78, 5) is 13.4. The molecule has 0 radical (unpaired) electrons. The first-order valence-corrected chi connectivity index (χ1v) is 5.09. The van der Waals surface area contributed by atoms with Crippen molar-refractivity contribution in [1.29, 1.82) is 0 Å². The molecule has 0 aliphatic carbocycles. The molecule has 2 aliphatic rings. The average Bonchev–Trinajstić information content (AvgIpc) is 2.45. The fourth-order valence-electron chi connectivity index (χ4n) is 2.28. The van der Waals surface area contributed by atoms with Crippen LogP contribution in [0, 0.1) is 0 Å². The third-order valence-corrected chi connectivity index (χ3v) is 2.91. The highest BCUT2D eigenvalue weighted by Gasteiger charge is 2.40. The standard InChI is InChI=1S/C9H16N2O3/c12-3-4-14-9(13)11-7-1-2-8(11)6-10-5-7/h7-8,10,12H,1-6H2. The minimum atomic E-state index is -0.270. The van der Waals surface area contributed by atoms with Crippen LogP contribution in [0.5, 0.6) is 0 Å². The van der Waals surface area contributed by atoms with Crippen LogP contribution >= 0.6 is 0 Å². The van der Waals surface area contributed by atoms with Crippen LogP contribution in [-0.2, 0) is 4.74 Å². The Morgan fingerprint density at radius 2 is 2.07 bits per heavy atom. The van der Waals surface area contributed by atoms with Gasteiger partial charge in [-0.15, -0.1) is 0 Å². The van der Waals surface area contributed by atoms with E-state index in [2.05, 4.69) is 5.32 Å².